The predicted molar refractivity (Wildman–Crippen MR) is 81.6 cm³/mol. The molecule has 0 atom stereocenters. The highest BCUT2D eigenvalue weighted by molar-refractivity contribution is 7.99. The molecule has 0 fully saturated rings. The van der Waals surface area contributed by atoms with E-state index in [0.29, 0.717) is 0 Å². The molecule has 3 aromatic rings. The number of nitrogens with one attached hydrogen (secondary N) is 2. The summed E-state index contributed by atoms with van der Waals surface area (Å²) < 4.78 is 1.95. The smallest absolute Gasteiger partial charge is 0.189 e. The molecule has 0 aliphatic carbocycles. The standard InChI is InChI=1S/C14H16N6S/c1-10-12(8-15-2)13(21-14-16-9-17-18-14)20(19-10)11-6-4-3-5-7-11/h3-7,9,15H,8H2,1-2H3,(H,16,17,18). The zero-order valence-electron chi connectivity index (χ0n) is 11.9. The molecular weight excluding hydrogens is 284 g/mol. The Balaban J connectivity index is 2.08. The third kappa shape index (κ3) is 2.84. The summed E-state index contributed by atoms with van der Waals surface area (Å²) >= 11 is 1.53. The molecule has 2 aromatic heterocycles. The lowest BCUT2D eigenvalue weighted by Crippen LogP contribution is -2.07. The van der Waals surface area contributed by atoms with Gasteiger partial charge in [-0.25, -0.2) is 9.67 Å². The number of hydrogen-bond acceptors (Lipinski definition) is 5. The minimum absolute atomic E-state index is 0.754. The van der Waals surface area contributed by atoms with E-state index in [9.17, 15) is 0 Å². The van der Waals surface area contributed by atoms with Gasteiger partial charge >= 0.3 is 0 Å². The lowest BCUT2D eigenvalue weighted by Gasteiger charge is -2.07. The van der Waals surface area contributed by atoms with Crippen molar-refractivity contribution >= 4 is 11.8 Å². The molecule has 6 nitrogen and oxygen atoms in total. The minimum Gasteiger partial charge on any atom is -0.316 e. The lowest BCUT2D eigenvalue weighted by atomic mass is 10.2. The second-order valence-corrected chi connectivity index (χ2v) is 5.52. The molecule has 0 bridgehead atoms. The van der Waals surface area contributed by atoms with Crippen LogP contribution in [-0.4, -0.2) is 32.0 Å². The molecule has 0 unspecified atom stereocenters. The monoisotopic (exact) mass is 300 g/mol. The summed E-state index contributed by atoms with van der Waals surface area (Å²) in [5.74, 6) is 0. The van der Waals surface area contributed by atoms with Crippen molar-refractivity contribution < 1.29 is 0 Å². The second kappa shape index (κ2) is 6.11. The maximum atomic E-state index is 4.67. The van der Waals surface area contributed by atoms with Gasteiger partial charge in [-0.15, -0.1) is 0 Å². The van der Waals surface area contributed by atoms with E-state index in [-0.39, 0.29) is 0 Å². The maximum absolute atomic E-state index is 4.67. The molecule has 3 rings (SSSR count). The summed E-state index contributed by atoms with van der Waals surface area (Å²) in [5, 5.41) is 16.5. The number of para-hydroxylation sites is 1. The first-order chi connectivity index (χ1) is 10.3. The second-order valence-electron chi connectivity index (χ2n) is 4.54. The topological polar surface area (TPSA) is 71.4 Å². The number of hydrogen-bond donors (Lipinski definition) is 2. The fourth-order valence-corrected chi connectivity index (χ4v) is 3.06. The van der Waals surface area contributed by atoms with Crippen molar-refractivity contribution in [2.24, 2.45) is 0 Å². The maximum Gasteiger partial charge on any atom is 0.189 e. The molecule has 0 amide bonds. The van der Waals surface area contributed by atoms with Crippen LogP contribution in [0.15, 0.2) is 46.8 Å². The van der Waals surface area contributed by atoms with Gasteiger partial charge in [0.2, 0.25) is 0 Å². The lowest BCUT2D eigenvalue weighted by molar-refractivity contribution is 0.764. The summed E-state index contributed by atoms with van der Waals surface area (Å²) in [6.07, 6.45) is 1.51. The number of aryl methyl sites for hydroxylation is 1. The quantitative estimate of drug-likeness (QED) is 0.755. The molecular formula is C14H16N6S. The van der Waals surface area contributed by atoms with Gasteiger partial charge in [-0.1, -0.05) is 18.2 Å². The van der Waals surface area contributed by atoms with Crippen LogP contribution in [0.5, 0.6) is 0 Å². The molecule has 0 saturated carbocycles. The van der Waals surface area contributed by atoms with E-state index < -0.39 is 0 Å². The molecule has 108 valence electrons. The van der Waals surface area contributed by atoms with Crippen LogP contribution in [0.25, 0.3) is 5.69 Å². The third-order valence-corrected chi connectivity index (χ3v) is 4.08. The first kappa shape index (κ1) is 13.8. The first-order valence-corrected chi connectivity index (χ1v) is 7.43. The Morgan fingerprint density at radius 2 is 2.10 bits per heavy atom. The van der Waals surface area contributed by atoms with Crippen LogP contribution in [0.2, 0.25) is 0 Å². The fraction of sp³-hybridized carbons (Fsp3) is 0.214. The van der Waals surface area contributed by atoms with E-state index >= 15 is 0 Å². The van der Waals surface area contributed by atoms with Gasteiger partial charge in [-0.3, -0.25) is 5.10 Å². The zero-order valence-corrected chi connectivity index (χ0v) is 12.7. The Morgan fingerprint density at radius 3 is 2.76 bits per heavy atom. The zero-order chi connectivity index (χ0) is 14.7. The van der Waals surface area contributed by atoms with Crippen LogP contribution < -0.4 is 5.32 Å². The van der Waals surface area contributed by atoms with Crippen molar-refractivity contribution in [1.82, 2.24) is 30.3 Å². The van der Waals surface area contributed by atoms with E-state index in [1.54, 1.807) is 0 Å². The number of rotatable bonds is 5. The van der Waals surface area contributed by atoms with Gasteiger partial charge in [0, 0.05) is 12.1 Å². The molecule has 21 heavy (non-hydrogen) atoms. The van der Waals surface area contributed by atoms with Crippen LogP contribution >= 0.6 is 11.8 Å². The summed E-state index contributed by atoms with van der Waals surface area (Å²) in [4.78, 5) is 4.19. The summed E-state index contributed by atoms with van der Waals surface area (Å²) in [5.41, 5.74) is 3.21. The van der Waals surface area contributed by atoms with E-state index in [1.165, 1.54) is 23.7 Å². The van der Waals surface area contributed by atoms with E-state index in [4.69, 9.17) is 0 Å². The van der Waals surface area contributed by atoms with E-state index in [2.05, 4.69) is 25.6 Å². The van der Waals surface area contributed by atoms with Gasteiger partial charge in [0.1, 0.15) is 11.4 Å². The first-order valence-electron chi connectivity index (χ1n) is 6.61. The summed E-state index contributed by atoms with van der Waals surface area (Å²) in [7, 11) is 1.93. The predicted octanol–water partition coefficient (Wildman–Crippen LogP) is 2.17. The van der Waals surface area contributed by atoms with Crippen molar-refractivity contribution in [3.05, 3.63) is 47.9 Å². The Morgan fingerprint density at radius 1 is 1.29 bits per heavy atom. The number of H-pyrrole nitrogens is 1. The van der Waals surface area contributed by atoms with Crippen molar-refractivity contribution in [2.45, 2.75) is 23.7 Å². The molecule has 2 N–H and O–H groups in total. The molecule has 0 radical (unpaired) electrons. The van der Waals surface area contributed by atoms with Gasteiger partial charge in [-0.05, 0) is 37.9 Å². The number of aromatic nitrogens is 5. The van der Waals surface area contributed by atoms with Crippen molar-refractivity contribution in [2.75, 3.05) is 7.05 Å². The number of aromatic amines is 1. The Bertz CT molecular complexity index is 705. The molecule has 0 aliphatic heterocycles. The highest BCUT2D eigenvalue weighted by atomic mass is 32.2. The number of benzene rings is 1. The minimum atomic E-state index is 0.754. The van der Waals surface area contributed by atoms with Gasteiger partial charge in [0.25, 0.3) is 0 Å². The normalized spacial score (nSPS) is 11.0. The van der Waals surface area contributed by atoms with Crippen LogP contribution in [0.3, 0.4) is 0 Å². The van der Waals surface area contributed by atoms with Crippen LogP contribution in [-0.2, 0) is 6.54 Å². The Kier molecular flexibility index (Phi) is 4.03. The van der Waals surface area contributed by atoms with Crippen molar-refractivity contribution in [1.29, 1.82) is 0 Å². The van der Waals surface area contributed by atoms with Crippen molar-refractivity contribution in [3.8, 4) is 5.69 Å². The fourth-order valence-electron chi connectivity index (χ4n) is 2.10. The molecule has 7 heteroatoms. The average molecular weight is 300 g/mol. The van der Waals surface area contributed by atoms with Gasteiger partial charge in [-0.2, -0.15) is 10.2 Å². The van der Waals surface area contributed by atoms with Crippen LogP contribution in [0.1, 0.15) is 11.3 Å². The molecule has 0 aliphatic rings. The molecule has 0 saturated heterocycles. The Hall–Kier alpha value is -2.12. The van der Waals surface area contributed by atoms with Gasteiger partial charge in [0.15, 0.2) is 5.16 Å². The van der Waals surface area contributed by atoms with Crippen molar-refractivity contribution in [3.63, 3.8) is 0 Å². The van der Waals surface area contributed by atoms with E-state index in [1.807, 2.05) is 49.0 Å². The van der Waals surface area contributed by atoms with Gasteiger partial charge in [0.05, 0.1) is 11.4 Å². The third-order valence-electron chi connectivity index (χ3n) is 3.08. The largest absolute Gasteiger partial charge is 0.316 e. The summed E-state index contributed by atoms with van der Waals surface area (Å²) in [6, 6.07) is 10.1. The van der Waals surface area contributed by atoms with E-state index in [0.717, 1.165) is 28.1 Å². The molecule has 0 spiro atoms. The molecule has 1 aromatic carbocycles. The van der Waals surface area contributed by atoms with Crippen LogP contribution in [0.4, 0.5) is 0 Å². The highest BCUT2D eigenvalue weighted by Gasteiger charge is 2.18. The summed E-state index contributed by atoms with van der Waals surface area (Å²) in [6.45, 7) is 2.78. The Labute approximate surface area is 127 Å². The van der Waals surface area contributed by atoms with Gasteiger partial charge < -0.3 is 5.32 Å². The number of nitrogens with zero attached hydrogens (tertiary/aromatic N) is 4. The average Bonchev–Trinajstić information content (AvgIpc) is 3.12. The molecule has 2 heterocycles. The van der Waals surface area contributed by atoms with Crippen LogP contribution in [0, 0.1) is 6.92 Å². The highest BCUT2D eigenvalue weighted by Crippen LogP contribution is 2.31. The SMILES string of the molecule is CNCc1c(C)nn(-c2ccccc2)c1Sc1ncn[nH]1.